The third kappa shape index (κ3) is 4.37. The van der Waals surface area contributed by atoms with Gasteiger partial charge >= 0.3 is 6.09 Å². The molecule has 6 nitrogen and oxygen atoms in total. The summed E-state index contributed by atoms with van der Waals surface area (Å²) < 4.78 is 4.87. The first-order valence-corrected chi connectivity index (χ1v) is 7.56. The first kappa shape index (κ1) is 15.1. The Morgan fingerprint density at radius 3 is 2.80 bits per heavy atom. The van der Waals surface area contributed by atoms with Crippen molar-refractivity contribution in [2.45, 2.75) is 51.1 Å². The maximum absolute atomic E-state index is 12.2. The van der Waals surface area contributed by atoms with Gasteiger partial charge in [-0.3, -0.25) is 4.79 Å². The van der Waals surface area contributed by atoms with E-state index in [1.165, 1.54) is 0 Å². The summed E-state index contributed by atoms with van der Waals surface area (Å²) in [6, 6.07) is -0.00945. The molecule has 1 saturated heterocycles. The highest BCUT2D eigenvalue weighted by molar-refractivity contribution is 5.77. The van der Waals surface area contributed by atoms with E-state index < -0.39 is 6.09 Å². The number of nitrogens with two attached hydrogens (primary N) is 1. The average Bonchev–Trinajstić information content (AvgIpc) is 3.23. The normalized spacial score (nSPS) is 24.1. The summed E-state index contributed by atoms with van der Waals surface area (Å²) in [4.78, 5) is 25.4. The lowest BCUT2D eigenvalue weighted by Crippen LogP contribution is -2.50. The zero-order valence-corrected chi connectivity index (χ0v) is 12.1. The third-order valence-corrected chi connectivity index (χ3v) is 4.01. The van der Waals surface area contributed by atoms with Crippen LogP contribution in [-0.4, -0.2) is 48.7 Å². The van der Waals surface area contributed by atoms with E-state index in [-0.39, 0.29) is 18.0 Å². The van der Waals surface area contributed by atoms with Gasteiger partial charge < -0.3 is 20.7 Å². The van der Waals surface area contributed by atoms with Crippen LogP contribution in [0.3, 0.4) is 0 Å². The smallest absolute Gasteiger partial charge is 0.407 e. The number of piperidine rings is 1. The predicted molar refractivity (Wildman–Crippen MR) is 75.1 cm³/mol. The fraction of sp³-hybridized carbons (Fsp3) is 0.857. The number of alkyl carbamates (subject to hydrolysis) is 1. The van der Waals surface area contributed by atoms with E-state index >= 15 is 0 Å². The first-order chi connectivity index (χ1) is 9.60. The van der Waals surface area contributed by atoms with Crippen molar-refractivity contribution >= 4 is 12.0 Å². The van der Waals surface area contributed by atoms with Gasteiger partial charge in [-0.05, 0) is 38.5 Å². The standard InChI is InChI=1S/C14H25N3O3/c1-2-20-14(19)16-11-4-3-7-17(9-11)13(18)8-12(15)10-5-6-10/h10-12H,2-9,15H2,1H3,(H,16,19). The molecule has 0 aromatic heterocycles. The second-order valence-electron chi connectivity index (χ2n) is 5.75. The predicted octanol–water partition coefficient (Wildman–Crippen LogP) is 0.851. The molecule has 2 unspecified atom stereocenters. The summed E-state index contributed by atoms with van der Waals surface area (Å²) in [5, 5.41) is 2.81. The van der Waals surface area contributed by atoms with Crippen LogP contribution in [0.25, 0.3) is 0 Å². The van der Waals surface area contributed by atoms with Crippen LogP contribution in [0.1, 0.15) is 39.0 Å². The highest BCUT2D eigenvalue weighted by atomic mass is 16.5. The Morgan fingerprint density at radius 1 is 1.40 bits per heavy atom. The molecule has 20 heavy (non-hydrogen) atoms. The molecule has 0 bridgehead atoms. The molecule has 1 heterocycles. The lowest BCUT2D eigenvalue weighted by Gasteiger charge is -2.33. The van der Waals surface area contributed by atoms with Crippen molar-refractivity contribution in [3.8, 4) is 0 Å². The van der Waals surface area contributed by atoms with Gasteiger partial charge in [0.2, 0.25) is 5.91 Å². The summed E-state index contributed by atoms with van der Waals surface area (Å²) >= 11 is 0. The summed E-state index contributed by atoms with van der Waals surface area (Å²) in [6.45, 7) is 3.46. The van der Waals surface area contributed by atoms with Gasteiger partial charge in [-0.2, -0.15) is 0 Å². The van der Waals surface area contributed by atoms with Gasteiger partial charge in [0.25, 0.3) is 0 Å². The Balaban J connectivity index is 1.76. The van der Waals surface area contributed by atoms with E-state index in [2.05, 4.69) is 5.32 Å². The zero-order chi connectivity index (χ0) is 14.5. The molecule has 0 spiro atoms. The number of carbonyl (C=O) groups is 2. The molecular weight excluding hydrogens is 258 g/mol. The van der Waals surface area contributed by atoms with Crippen LogP contribution < -0.4 is 11.1 Å². The van der Waals surface area contributed by atoms with E-state index in [4.69, 9.17) is 10.5 Å². The van der Waals surface area contributed by atoms with Crippen LogP contribution in [0.5, 0.6) is 0 Å². The minimum atomic E-state index is -0.401. The summed E-state index contributed by atoms with van der Waals surface area (Å²) in [6.07, 6.45) is 4.12. The van der Waals surface area contributed by atoms with Crippen molar-refractivity contribution < 1.29 is 14.3 Å². The van der Waals surface area contributed by atoms with E-state index in [0.717, 1.165) is 32.2 Å². The topological polar surface area (TPSA) is 84.7 Å². The molecule has 1 aliphatic heterocycles. The van der Waals surface area contributed by atoms with Crippen molar-refractivity contribution in [1.82, 2.24) is 10.2 Å². The van der Waals surface area contributed by atoms with E-state index in [1.807, 2.05) is 4.90 Å². The molecule has 1 saturated carbocycles. The van der Waals surface area contributed by atoms with E-state index in [0.29, 0.717) is 25.5 Å². The van der Waals surface area contributed by atoms with Crippen molar-refractivity contribution in [2.75, 3.05) is 19.7 Å². The van der Waals surface area contributed by atoms with Gasteiger partial charge in [-0.1, -0.05) is 0 Å². The van der Waals surface area contributed by atoms with Crippen LogP contribution >= 0.6 is 0 Å². The van der Waals surface area contributed by atoms with Crippen molar-refractivity contribution in [3.05, 3.63) is 0 Å². The molecule has 1 aliphatic carbocycles. The molecule has 0 aromatic carbocycles. The third-order valence-electron chi connectivity index (χ3n) is 4.01. The zero-order valence-electron chi connectivity index (χ0n) is 12.1. The molecule has 2 fully saturated rings. The largest absolute Gasteiger partial charge is 0.450 e. The molecule has 2 rings (SSSR count). The molecule has 6 heteroatoms. The Morgan fingerprint density at radius 2 is 2.15 bits per heavy atom. The Labute approximate surface area is 120 Å². The number of hydrogen-bond donors (Lipinski definition) is 2. The molecule has 2 amide bonds. The lowest BCUT2D eigenvalue weighted by molar-refractivity contribution is -0.133. The fourth-order valence-electron chi connectivity index (χ4n) is 2.68. The quantitative estimate of drug-likeness (QED) is 0.783. The average molecular weight is 283 g/mol. The molecular formula is C14H25N3O3. The maximum Gasteiger partial charge on any atom is 0.407 e. The number of ether oxygens (including phenoxy) is 1. The van der Waals surface area contributed by atoms with Gasteiger partial charge in [-0.15, -0.1) is 0 Å². The number of rotatable bonds is 5. The van der Waals surface area contributed by atoms with Crippen molar-refractivity contribution in [2.24, 2.45) is 11.7 Å². The Hall–Kier alpha value is -1.30. The van der Waals surface area contributed by atoms with E-state index in [9.17, 15) is 9.59 Å². The monoisotopic (exact) mass is 283 g/mol. The van der Waals surface area contributed by atoms with Gasteiger partial charge in [0.15, 0.2) is 0 Å². The lowest BCUT2D eigenvalue weighted by atomic mass is 10.0. The minimum Gasteiger partial charge on any atom is -0.450 e. The number of carbonyl (C=O) groups excluding carboxylic acids is 2. The van der Waals surface area contributed by atoms with Crippen molar-refractivity contribution in [3.63, 3.8) is 0 Å². The number of likely N-dealkylation sites (tertiary alicyclic amines) is 1. The first-order valence-electron chi connectivity index (χ1n) is 7.56. The van der Waals surface area contributed by atoms with E-state index in [1.54, 1.807) is 6.92 Å². The van der Waals surface area contributed by atoms with Crippen molar-refractivity contribution in [1.29, 1.82) is 0 Å². The van der Waals surface area contributed by atoms with Gasteiger partial charge in [0.1, 0.15) is 0 Å². The molecule has 3 N–H and O–H groups in total. The summed E-state index contributed by atoms with van der Waals surface area (Å²) in [5.74, 6) is 0.650. The maximum atomic E-state index is 12.2. The SMILES string of the molecule is CCOC(=O)NC1CCCN(C(=O)CC(N)C2CC2)C1. The van der Waals surface area contributed by atoms with Crippen LogP contribution in [-0.2, 0) is 9.53 Å². The molecule has 0 radical (unpaired) electrons. The molecule has 0 aromatic rings. The van der Waals surface area contributed by atoms with Gasteiger partial charge in [-0.25, -0.2) is 4.79 Å². The van der Waals surface area contributed by atoms with Crippen LogP contribution in [0.2, 0.25) is 0 Å². The Kier molecular flexibility index (Phi) is 5.23. The molecule has 2 atom stereocenters. The fourth-order valence-corrected chi connectivity index (χ4v) is 2.68. The number of amides is 2. The summed E-state index contributed by atoms with van der Waals surface area (Å²) in [7, 11) is 0. The van der Waals surface area contributed by atoms with Gasteiger partial charge in [0.05, 0.1) is 6.61 Å². The Bertz CT molecular complexity index is 358. The highest BCUT2D eigenvalue weighted by Gasteiger charge is 2.32. The number of hydrogen-bond acceptors (Lipinski definition) is 4. The van der Waals surface area contributed by atoms with Gasteiger partial charge in [0, 0.05) is 31.6 Å². The molecule has 2 aliphatic rings. The number of nitrogens with zero attached hydrogens (tertiary/aromatic N) is 1. The second-order valence-corrected chi connectivity index (χ2v) is 5.75. The summed E-state index contributed by atoms with van der Waals surface area (Å²) in [5.41, 5.74) is 6.00. The number of nitrogens with one attached hydrogen (secondary N) is 1. The van der Waals surface area contributed by atoms with Crippen LogP contribution in [0, 0.1) is 5.92 Å². The van der Waals surface area contributed by atoms with Crippen LogP contribution in [0.4, 0.5) is 4.79 Å². The highest BCUT2D eigenvalue weighted by Crippen LogP contribution is 2.33. The minimum absolute atomic E-state index is 0.000826. The second kappa shape index (κ2) is 6.92. The molecule has 114 valence electrons. The van der Waals surface area contributed by atoms with Crippen LogP contribution in [0.15, 0.2) is 0 Å².